The van der Waals surface area contributed by atoms with Crippen LogP contribution in [0, 0.1) is 11.8 Å². The van der Waals surface area contributed by atoms with E-state index in [1.165, 1.54) is 70.9 Å². The highest BCUT2D eigenvalue weighted by Crippen LogP contribution is 2.43. The third-order valence-electron chi connectivity index (χ3n) is 9.19. The standard InChI is InChI=1S/C27H48N4O2/c1-21(32)31-20-22-10-7-18-30-19-8-13-24(27(22)30)25(31)14-6-15-26(33)28-16-9-17-29(2)23-11-4-3-5-12-23/h22-25,27H,3-20H2,1-2H3,(H,28,33)/t22-,24+,25+,27-/m0/s1. The van der Waals surface area contributed by atoms with Crippen LogP contribution in [-0.2, 0) is 9.59 Å². The van der Waals surface area contributed by atoms with Crippen LogP contribution in [0.5, 0.6) is 0 Å². The van der Waals surface area contributed by atoms with Gasteiger partial charge in [-0.1, -0.05) is 19.3 Å². The van der Waals surface area contributed by atoms with E-state index in [1.54, 1.807) is 6.92 Å². The molecular weight excluding hydrogens is 412 g/mol. The highest BCUT2D eigenvalue weighted by molar-refractivity contribution is 5.76. The van der Waals surface area contributed by atoms with Crippen LogP contribution < -0.4 is 5.32 Å². The first-order chi connectivity index (χ1) is 16.0. The van der Waals surface area contributed by atoms with Crippen LogP contribution in [0.15, 0.2) is 0 Å². The van der Waals surface area contributed by atoms with Crippen LogP contribution in [0.4, 0.5) is 0 Å². The Morgan fingerprint density at radius 3 is 2.48 bits per heavy atom. The molecule has 4 aliphatic rings. The second-order valence-electron chi connectivity index (χ2n) is 11.3. The molecule has 1 N–H and O–H groups in total. The molecule has 2 amide bonds. The Morgan fingerprint density at radius 2 is 1.73 bits per heavy atom. The molecule has 0 bridgehead atoms. The SMILES string of the molecule is CC(=O)N1C[C@@H]2CCCN3CCC[C@@H]([C@H]23)[C@H]1CCCC(=O)NCCCN(C)C1CCCCC1. The number of likely N-dealkylation sites (tertiary alicyclic amines) is 1. The summed E-state index contributed by atoms with van der Waals surface area (Å²) in [4.78, 5) is 32.4. The summed E-state index contributed by atoms with van der Waals surface area (Å²) in [5.41, 5.74) is 0. The minimum Gasteiger partial charge on any atom is -0.356 e. The average molecular weight is 461 g/mol. The zero-order chi connectivity index (χ0) is 23.2. The van der Waals surface area contributed by atoms with Gasteiger partial charge in [0.1, 0.15) is 0 Å². The maximum atomic E-state index is 12.5. The molecule has 188 valence electrons. The largest absolute Gasteiger partial charge is 0.356 e. The van der Waals surface area contributed by atoms with Gasteiger partial charge < -0.3 is 15.1 Å². The van der Waals surface area contributed by atoms with Crippen molar-refractivity contribution in [1.82, 2.24) is 20.0 Å². The second-order valence-corrected chi connectivity index (χ2v) is 11.3. The predicted molar refractivity (Wildman–Crippen MR) is 133 cm³/mol. The molecule has 4 atom stereocenters. The zero-order valence-corrected chi connectivity index (χ0v) is 21.3. The van der Waals surface area contributed by atoms with Crippen molar-refractivity contribution in [2.75, 3.05) is 39.8 Å². The van der Waals surface area contributed by atoms with Crippen molar-refractivity contribution in [2.24, 2.45) is 11.8 Å². The summed E-state index contributed by atoms with van der Waals surface area (Å²) in [5, 5.41) is 3.15. The van der Waals surface area contributed by atoms with Gasteiger partial charge in [-0.05, 0) is 96.3 Å². The van der Waals surface area contributed by atoms with Gasteiger partial charge in [-0.3, -0.25) is 14.5 Å². The molecular formula is C27H48N4O2. The number of amides is 2. The molecule has 0 aromatic heterocycles. The minimum atomic E-state index is 0.182. The van der Waals surface area contributed by atoms with E-state index in [0.29, 0.717) is 30.3 Å². The molecule has 0 spiro atoms. The van der Waals surface area contributed by atoms with Gasteiger partial charge in [0.15, 0.2) is 0 Å². The van der Waals surface area contributed by atoms with Crippen molar-refractivity contribution in [3.63, 3.8) is 0 Å². The van der Waals surface area contributed by atoms with Crippen molar-refractivity contribution < 1.29 is 9.59 Å². The third kappa shape index (κ3) is 6.30. The van der Waals surface area contributed by atoms with E-state index in [1.807, 2.05) is 0 Å². The highest BCUT2D eigenvalue weighted by atomic mass is 16.2. The fraction of sp³-hybridized carbons (Fsp3) is 0.926. The first kappa shape index (κ1) is 25.0. The van der Waals surface area contributed by atoms with Crippen molar-refractivity contribution >= 4 is 11.8 Å². The molecule has 0 aromatic rings. The number of carbonyl (C=O) groups is 2. The van der Waals surface area contributed by atoms with E-state index in [-0.39, 0.29) is 11.8 Å². The van der Waals surface area contributed by atoms with Crippen LogP contribution in [0.3, 0.4) is 0 Å². The number of nitrogens with one attached hydrogen (secondary N) is 1. The molecule has 4 rings (SSSR count). The van der Waals surface area contributed by atoms with Crippen LogP contribution >= 0.6 is 0 Å². The lowest BCUT2D eigenvalue weighted by Gasteiger charge is -2.57. The Kier molecular flexibility index (Phi) is 9.09. The molecule has 1 saturated carbocycles. The van der Waals surface area contributed by atoms with Crippen molar-refractivity contribution in [3.05, 3.63) is 0 Å². The summed E-state index contributed by atoms with van der Waals surface area (Å²) in [5.74, 6) is 1.66. The number of nitrogens with zero attached hydrogens (tertiary/aromatic N) is 3. The average Bonchev–Trinajstić information content (AvgIpc) is 2.83. The monoisotopic (exact) mass is 460 g/mol. The van der Waals surface area contributed by atoms with Crippen molar-refractivity contribution in [2.45, 2.75) is 109 Å². The van der Waals surface area contributed by atoms with Crippen LogP contribution in [0.1, 0.15) is 90.4 Å². The molecule has 3 heterocycles. The number of hydrogen-bond donors (Lipinski definition) is 1. The van der Waals surface area contributed by atoms with Gasteiger partial charge in [0, 0.05) is 44.6 Å². The summed E-state index contributed by atoms with van der Waals surface area (Å²) in [6, 6.07) is 1.73. The number of carbonyl (C=O) groups excluding carboxylic acids is 2. The van der Waals surface area contributed by atoms with Crippen molar-refractivity contribution in [1.29, 1.82) is 0 Å². The van der Waals surface area contributed by atoms with Crippen LogP contribution in [0.2, 0.25) is 0 Å². The molecule has 4 fully saturated rings. The number of rotatable bonds is 9. The maximum absolute atomic E-state index is 12.5. The Hall–Kier alpha value is -1.14. The topological polar surface area (TPSA) is 55.9 Å². The van der Waals surface area contributed by atoms with Gasteiger partial charge in [0.2, 0.25) is 11.8 Å². The summed E-state index contributed by atoms with van der Waals surface area (Å²) in [6.07, 6.45) is 15.3. The van der Waals surface area contributed by atoms with Gasteiger partial charge >= 0.3 is 0 Å². The smallest absolute Gasteiger partial charge is 0.219 e. The fourth-order valence-electron chi connectivity index (χ4n) is 7.55. The molecule has 6 heteroatoms. The Balaban J connectivity index is 1.19. The highest BCUT2D eigenvalue weighted by Gasteiger charge is 2.48. The Labute approximate surface area is 201 Å². The summed E-state index contributed by atoms with van der Waals surface area (Å²) in [6.45, 7) is 7.00. The third-order valence-corrected chi connectivity index (χ3v) is 9.19. The Bertz CT molecular complexity index is 648. The quantitative estimate of drug-likeness (QED) is 0.534. The molecule has 0 unspecified atom stereocenters. The van der Waals surface area contributed by atoms with E-state index >= 15 is 0 Å². The van der Waals surface area contributed by atoms with E-state index < -0.39 is 0 Å². The summed E-state index contributed by atoms with van der Waals surface area (Å²) >= 11 is 0. The fourth-order valence-corrected chi connectivity index (χ4v) is 7.55. The normalized spacial score (nSPS) is 30.8. The van der Waals surface area contributed by atoms with E-state index in [0.717, 1.165) is 44.9 Å². The second kappa shape index (κ2) is 12.0. The van der Waals surface area contributed by atoms with E-state index in [2.05, 4.69) is 27.1 Å². The minimum absolute atomic E-state index is 0.182. The lowest BCUT2D eigenvalue weighted by atomic mass is 9.69. The molecule has 0 radical (unpaired) electrons. The molecule has 3 aliphatic heterocycles. The Morgan fingerprint density at radius 1 is 0.970 bits per heavy atom. The predicted octanol–water partition coefficient (Wildman–Crippen LogP) is 3.65. The van der Waals surface area contributed by atoms with Gasteiger partial charge in [-0.2, -0.15) is 0 Å². The molecule has 3 saturated heterocycles. The van der Waals surface area contributed by atoms with Gasteiger partial charge in [-0.15, -0.1) is 0 Å². The number of piperidine rings is 3. The van der Waals surface area contributed by atoms with E-state index in [4.69, 9.17) is 0 Å². The number of hydrogen-bond acceptors (Lipinski definition) is 4. The first-order valence-corrected chi connectivity index (χ1v) is 14.0. The van der Waals surface area contributed by atoms with Crippen LogP contribution in [-0.4, -0.2) is 84.4 Å². The van der Waals surface area contributed by atoms with Gasteiger partial charge in [0.25, 0.3) is 0 Å². The summed E-state index contributed by atoms with van der Waals surface area (Å²) < 4.78 is 0. The van der Waals surface area contributed by atoms with Gasteiger partial charge in [-0.25, -0.2) is 0 Å². The first-order valence-electron chi connectivity index (χ1n) is 14.0. The molecule has 1 aliphatic carbocycles. The maximum Gasteiger partial charge on any atom is 0.219 e. The van der Waals surface area contributed by atoms with Crippen molar-refractivity contribution in [3.8, 4) is 0 Å². The van der Waals surface area contributed by atoms with Gasteiger partial charge in [0.05, 0.1) is 0 Å². The summed E-state index contributed by atoms with van der Waals surface area (Å²) in [7, 11) is 2.24. The zero-order valence-electron chi connectivity index (χ0n) is 21.3. The lowest BCUT2D eigenvalue weighted by molar-refractivity contribution is -0.144. The molecule has 6 nitrogen and oxygen atoms in total. The lowest BCUT2D eigenvalue weighted by Crippen LogP contribution is -2.65. The molecule has 33 heavy (non-hydrogen) atoms. The van der Waals surface area contributed by atoms with Crippen LogP contribution in [0.25, 0.3) is 0 Å². The molecule has 0 aromatic carbocycles. The van der Waals surface area contributed by atoms with E-state index in [9.17, 15) is 9.59 Å².